The molecule has 1 heterocycles. The van der Waals surface area contributed by atoms with E-state index < -0.39 is 0 Å². The maximum absolute atomic E-state index is 9.09. The Hall–Kier alpha value is -0.320. The molecule has 0 radical (unpaired) electrons. The summed E-state index contributed by atoms with van der Waals surface area (Å²) in [5.41, 5.74) is 0. The Morgan fingerprint density at radius 2 is 2.29 bits per heavy atom. The lowest BCUT2D eigenvalue weighted by atomic mass is 9.82. The van der Waals surface area contributed by atoms with Gasteiger partial charge in [0, 0.05) is 0 Å². The third-order valence-electron chi connectivity index (χ3n) is 2.57. The number of furan rings is 1. The summed E-state index contributed by atoms with van der Waals surface area (Å²) in [4.78, 5) is 0. The van der Waals surface area contributed by atoms with Gasteiger partial charge in [0.2, 0.25) is 0 Å². The van der Waals surface area contributed by atoms with E-state index in [0.717, 1.165) is 36.4 Å². The largest absolute Gasteiger partial charge is 0.453 e. The first-order valence-corrected chi connectivity index (χ1v) is 5.66. The molecule has 2 N–H and O–H groups in total. The van der Waals surface area contributed by atoms with E-state index in [1.54, 1.807) is 0 Å². The van der Waals surface area contributed by atoms with Gasteiger partial charge in [-0.25, -0.2) is 0 Å². The standard InChI is InChI=1S/C10H14BrNO2/c11-10-2-1-9(14-10)6-12-5-7-3-8(13)4-7/h1-2,7-8,12-13H,3-6H2. The summed E-state index contributed by atoms with van der Waals surface area (Å²) < 4.78 is 6.11. The molecule has 1 saturated carbocycles. The van der Waals surface area contributed by atoms with Crippen LogP contribution in [-0.4, -0.2) is 17.8 Å². The minimum absolute atomic E-state index is 0.0560. The van der Waals surface area contributed by atoms with Crippen molar-refractivity contribution in [1.82, 2.24) is 5.32 Å². The number of rotatable bonds is 4. The van der Waals surface area contributed by atoms with Gasteiger partial charge >= 0.3 is 0 Å². The summed E-state index contributed by atoms with van der Waals surface area (Å²) in [7, 11) is 0. The van der Waals surface area contributed by atoms with Crippen LogP contribution >= 0.6 is 15.9 Å². The number of hydrogen-bond acceptors (Lipinski definition) is 3. The van der Waals surface area contributed by atoms with E-state index in [9.17, 15) is 0 Å². The van der Waals surface area contributed by atoms with Crippen molar-refractivity contribution in [2.24, 2.45) is 5.92 Å². The highest BCUT2D eigenvalue weighted by molar-refractivity contribution is 9.10. The minimum Gasteiger partial charge on any atom is -0.453 e. The number of aliphatic hydroxyl groups is 1. The molecular formula is C10H14BrNO2. The Bertz CT molecular complexity index is 294. The van der Waals surface area contributed by atoms with Crippen molar-refractivity contribution in [2.45, 2.75) is 25.5 Å². The molecule has 0 amide bonds. The highest BCUT2D eigenvalue weighted by atomic mass is 79.9. The minimum atomic E-state index is -0.0560. The summed E-state index contributed by atoms with van der Waals surface area (Å²) in [6.07, 6.45) is 1.82. The second-order valence-electron chi connectivity index (χ2n) is 3.83. The van der Waals surface area contributed by atoms with Gasteiger partial charge in [0.05, 0.1) is 12.6 Å². The average molecular weight is 260 g/mol. The third kappa shape index (κ3) is 2.59. The van der Waals surface area contributed by atoms with Crippen LogP contribution in [0.2, 0.25) is 0 Å². The van der Waals surface area contributed by atoms with Gasteiger partial charge in [0.1, 0.15) is 5.76 Å². The molecule has 0 bridgehead atoms. The molecule has 0 atom stereocenters. The molecule has 78 valence electrons. The van der Waals surface area contributed by atoms with E-state index in [4.69, 9.17) is 9.52 Å². The lowest BCUT2D eigenvalue weighted by Gasteiger charge is -2.31. The molecule has 4 heteroatoms. The van der Waals surface area contributed by atoms with Crippen molar-refractivity contribution >= 4 is 15.9 Å². The van der Waals surface area contributed by atoms with E-state index in [1.165, 1.54) is 0 Å². The third-order valence-corrected chi connectivity index (χ3v) is 3.00. The Balaban J connectivity index is 1.63. The number of aliphatic hydroxyl groups excluding tert-OH is 1. The monoisotopic (exact) mass is 259 g/mol. The molecule has 0 spiro atoms. The zero-order chi connectivity index (χ0) is 9.97. The molecule has 1 aliphatic carbocycles. The van der Waals surface area contributed by atoms with Crippen LogP contribution in [0, 0.1) is 5.92 Å². The van der Waals surface area contributed by atoms with Crippen LogP contribution in [0.25, 0.3) is 0 Å². The van der Waals surface area contributed by atoms with Crippen LogP contribution in [-0.2, 0) is 6.54 Å². The van der Waals surface area contributed by atoms with Crippen LogP contribution in [0.1, 0.15) is 18.6 Å². The van der Waals surface area contributed by atoms with E-state index >= 15 is 0 Å². The number of hydrogen-bond donors (Lipinski definition) is 2. The van der Waals surface area contributed by atoms with Gasteiger partial charge in [-0.15, -0.1) is 0 Å². The van der Waals surface area contributed by atoms with E-state index in [0.29, 0.717) is 5.92 Å². The first kappa shape index (κ1) is 10.2. The SMILES string of the molecule is OC1CC(CNCc2ccc(Br)o2)C1. The molecule has 3 nitrogen and oxygen atoms in total. The quantitative estimate of drug-likeness (QED) is 0.869. The lowest BCUT2D eigenvalue weighted by molar-refractivity contribution is 0.0428. The molecule has 0 aliphatic heterocycles. The van der Waals surface area contributed by atoms with Gasteiger partial charge in [0.15, 0.2) is 4.67 Å². The molecular weight excluding hydrogens is 246 g/mol. The van der Waals surface area contributed by atoms with Crippen molar-refractivity contribution in [3.05, 3.63) is 22.6 Å². The molecule has 1 fully saturated rings. The fourth-order valence-electron chi connectivity index (χ4n) is 1.71. The summed E-state index contributed by atoms with van der Waals surface area (Å²) in [5.74, 6) is 1.58. The van der Waals surface area contributed by atoms with Crippen LogP contribution in [0.15, 0.2) is 21.2 Å². The molecule has 1 aliphatic rings. The average Bonchev–Trinajstić information content (AvgIpc) is 2.48. The van der Waals surface area contributed by atoms with Gasteiger partial charge in [-0.1, -0.05) is 0 Å². The van der Waals surface area contributed by atoms with Crippen LogP contribution in [0.5, 0.6) is 0 Å². The topological polar surface area (TPSA) is 45.4 Å². The highest BCUT2D eigenvalue weighted by Crippen LogP contribution is 2.26. The highest BCUT2D eigenvalue weighted by Gasteiger charge is 2.26. The Kier molecular flexibility index (Phi) is 3.26. The predicted octanol–water partition coefficient (Wildman–Crippen LogP) is 1.90. The first-order valence-electron chi connectivity index (χ1n) is 4.87. The van der Waals surface area contributed by atoms with Crippen molar-refractivity contribution in [2.75, 3.05) is 6.54 Å². The molecule has 1 aromatic rings. The predicted molar refractivity (Wildman–Crippen MR) is 56.8 cm³/mol. The molecule has 0 unspecified atom stereocenters. The number of halogens is 1. The van der Waals surface area contributed by atoms with Crippen LogP contribution in [0.3, 0.4) is 0 Å². The Morgan fingerprint density at radius 1 is 1.50 bits per heavy atom. The first-order chi connectivity index (χ1) is 6.74. The van der Waals surface area contributed by atoms with E-state index in [-0.39, 0.29) is 6.10 Å². The van der Waals surface area contributed by atoms with Crippen molar-refractivity contribution in [1.29, 1.82) is 0 Å². The maximum Gasteiger partial charge on any atom is 0.169 e. The Morgan fingerprint density at radius 3 is 2.86 bits per heavy atom. The van der Waals surface area contributed by atoms with E-state index in [2.05, 4.69) is 21.2 Å². The van der Waals surface area contributed by atoms with Gasteiger partial charge < -0.3 is 14.8 Å². The normalized spacial score (nSPS) is 26.1. The van der Waals surface area contributed by atoms with Gasteiger partial charge in [-0.2, -0.15) is 0 Å². The van der Waals surface area contributed by atoms with Crippen molar-refractivity contribution in [3.8, 4) is 0 Å². The van der Waals surface area contributed by atoms with Crippen molar-refractivity contribution in [3.63, 3.8) is 0 Å². The molecule has 0 aromatic carbocycles. The van der Waals surface area contributed by atoms with Gasteiger partial charge in [-0.3, -0.25) is 0 Å². The Labute approximate surface area is 91.6 Å². The maximum atomic E-state index is 9.09. The zero-order valence-corrected chi connectivity index (χ0v) is 9.46. The van der Waals surface area contributed by atoms with Crippen LogP contribution < -0.4 is 5.32 Å². The zero-order valence-electron chi connectivity index (χ0n) is 7.87. The molecule has 14 heavy (non-hydrogen) atoms. The van der Waals surface area contributed by atoms with Gasteiger partial charge in [-0.05, 0) is 53.4 Å². The van der Waals surface area contributed by atoms with E-state index in [1.807, 2.05) is 12.1 Å². The van der Waals surface area contributed by atoms with Crippen LogP contribution in [0.4, 0.5) is 0 Å². The second kappa shape index (κ2) is 4.47. The second-order valence-corrected chi connectivity index (χ2v) is 4.61. The molecule has 0 saturated heterocycles. The molecule has 2 rings (SSSR count). The van der Waals surface area contributed by atoms with Gasteiger partial charge in [0.25, 0.3) is 0 Å². The summed E-state index contributed by atoms with van der Waals surface area (Å²) in [6, 6.07) is 3.84. The fraction of sp³-hybridized carbons (Fsp3) is 0.600. The summed E-state index contributed by atoms with van der Waals surface area (Å²) in [5, 5.41) is 12.4. The summed E-state index contributed by atoms with van der Waals surface area (Å²) >= 11 is 3.26. The van der Waals surface area contributed by atoms with Crippen molar-refractivity contribution < 1.29 is 9.52 Å². The summed E-state index contributed by atoms with van der Waals surface area (Å²) in [6.45, 7) is 1.73. The molecule has 1 aromatic heterocycles. The number of nitrogens with one attached hydrogen (secondary N) is 1. The smallest absolute Gasteiger partial charge is 0.169 e. The fourth-order valence-corrected chi connectivity index (χ4v) is 2.05. The lowest BCUT2D eigenvalue weighted by Crippen LogP contribution is -2.35.